The second-order valence-electron chi connectivity index (χ2n) is 3.09. The Hall–Kier alpha value is 0.0400. The first kappa shape index (κ1) is 7.68. The molecule has 0 spiro atoms. The van der Waals surface area contributed by atoms with Gasteiger partial charge >= 0.3 is 0 Å². The summed E-state index contributed by atoms with van der Waals surface area (Å²) in [5.41, 5.74) is 3.09. The van der Waals surface area contributed by atoms with Crippen LogP contribution < -0.4 is 0 Å². The van der Waals surface area contributed by atoms with Crippen LogP contribution in [0.25, 0.3) is 0 Å². The standard InChI is InChI=1S/C9H12IN/c1-7-5-8-3-4-11(2)9(8)10-6-7/h5-6H,3-4H2,1-2H3. The van der Waals surface area contributed by atoms with E-state index in [1.165, 1.54) is 18.5 Å². The summed E-state index contributed by atoms with van der Waals surface area (Å²) in [5.74, 6) is 0. The molecule has 60 valence electrons. The molecular formula is C9H12IN. The Balaban J connectivity index is 2.41. The normalized spacial score (nSPS) is 24.7. The molecule has 1 saturated heterocycles. The molecule has 0 bridgehead atoms. The Kier molecular flexibility index (Phi) is 1.97. The van der Waals surface area contributed by atoms with Crippen LogP contribution in [0.3, 0.4) is 0 Å². The summed E-state index contributed by atoms with van der Waals surface area (Å²) in [6.07, 6.45) is 3.62. The van der Waals surface area contributed by atoms with Gasteiger partial charge in [0.1, 0.15) is 0 Å². The van der Waals surface area contributed by atoms with Gasteiger partial charge in [-0.25, -0.2) is 0 Å². The highest BCUT2D eigenvalue weighted by molar-refractivity contribution is 14.2. The number of likely N-dealkylation sites (N-methyl/N-ethyl adjacent to an activating group) is 1. The first-order valence-corrected chi connectivity index (χ1v) is 6.19. The van der Waals surface area contributed by atoms with Crippen LogP contribution in [0.2, 0.25) is 0 Å². The second-order valence-corrected chi connectivity index (χ2v) is 5.36. The van der Waals surface area contributed by atoms with Gasteiger partial charge in [0, 0.05) is 6.54 Å². The molecule has 0 atom stereocenters. The summed E-state index contributed by atoms with van der Waals surface area (Å²) in [4.78, 5) is 2.42. The van der Waals surface area contributed by atoms with Gasteiger partial charge < -0.3 is 0 Å². The van der Waals surface area contributed by atoms with Crippen molar-refractivity contribution in [2.45, 2.75) is 13.3 Å². The summed E-state index contributed by atoms with van der Waals surface area (Å²) in [5, 5.41) is 0. The Morgan fingerprint density at radius 2 is 2.36 bits per heavy atom. The van der Waals surface area contributed by atoms with Crippen LogP contribution in [-0.2, 0) is 0 Å². The molecule has 0 aromatic carbocycles. The number of hydrogen-bond donors (Lipinski definition) is 0. The van der Waals surface area contributed by atoms with Gasteiger partial charge in [-0.1, -0.05) is 26.8 Å². The lowest BCUT2D eigenvalue weighted by molar-refractivity contribution is 0.559. The number of hydrogen-bond acceptors (Lipinski definition) is 1. The molecule has 2 aliphatic rings. The molecule has 0 aromatic rings. The van der Waals surface area contributed by atoms with Crippen LogP contribution in [0, 0.1) is 0 Å². The minimum atomic E-state index is 0.203. The highest BCUT2D eigenvalue weighted by atomic mass is 127. The average Bonchev–Trinajstić information content (AvgIpc) is 2.32. The minimum Gasteiger partial charge on any atom is -0.273 e. The quantitative estimate of drug-likeness (QED) is 0.604. The van der Waals surface area contributed by atoms with Crippen LogP contribution in [-0.4, -0.2) is 22.1 Å². The fourth-order valence-corrected chi connectivity index (χ4v) is 3.97. The molecule has 0 unspecified atom stereocenters. The van der Waals surface area contributed by atoms with Gasteiger partial charge in [0.2, 0.25) is 0 Å². The Labute approximate surface area is 77.5 Å². The Morgan fingerprint density at radius 1 is 1.55 bits per heavy atom. The maximum absolute atomic E-state index is 2.42. The van der Waals surface area contributed by atoms with Crippen LogP contribution in [0.5, 0.6) is 0 Å². The lowest BCUT2D eigenvalue weighted by Gasteiger charge is -2.11. The fourth-order valence-electron chi connectivity index (χ4n) is 1.46. The molecular weight excluding hydrogens is 249 g/mol. The fraction of sp³-hybridized carbons (Fsp3) is 0.444. The van der Waals surface area contributed by atoms with Crippen LogP contribution in [0.15, 0.2) is 21.3 Å². The highest BCUT2D eigenvalue weighted by Gasteiger charge is 2.20. The predicted molar refractivity (Wildman–Crippen MR) is 58.1 cm³/mol. The number of nitrogens with zero attached hydrogens (tertiary/aromatic N) is 1. The smallest absolute Gasteiger partial charge is 0.0540 e. The second kappa shape index (κ2) is 2.83. The van der Waals surface area contributed by atoms with Crippen molar-refractivity contribution in [3.8, 4) is 0 Å². The van der Waals surface area contributed by atoms with Gasteiger partial charge in [-0.3, -0.25) is 4.90 Å². The maximum Gasteiger partial charge on any atom is 0.0540 e. The SMILES string of the molecule is CC1=CI=C2C(=C1)CCN2C. The number of allylic oxidation sites excluding steroid dienone is 2. The molecule has 2 heteroatoms. The van der Waals surface area contributed by atoms with E-state index in [2.05, 4.69) is 29.0 Å². The van der Waals surface area contributed by atoms with Crippen molar-refractivity contribution in [3.05, 3.63) is 21.3 Å². The van der Waals surface area contributed by atoms with Crippen molar-refractivity contribution in [3.63, 3.8) is 0 Å². The molecule has 0 aliphatic carbocycles. The van der Waals surface area contributed by atoms with Crippen molar-refractivity contribution in [1.82, 2.24) is 4.90 Å². The van der Waals surface area contributed by atoms with Gasteiger partial charge in [-0.2, -0.15) is 0 Å². The summed E-state index contributed by atoms with van der Waals surface area (Å²) in [6.45, 7) is 3.45. The van der Waals surface area contributed by atoms with Gasteiger partial charge in [-0.05, 0) is 35.6 Å². The third-order valence-electron chi connectivity index (χ3n) is 2.05. The van der Waals surface area contributed by atoms with Gasteiger partial charge in [0.25, 0.3) is 0 Å². The lowest BCUT2D eigenvalue weighted by atomic mass is 10.2. The summed E-state index contributed by atoms with van der Waals surface area (Å²) in [6, 6.07) is 0. The van der Waals surface area contributed by atoms with E-state index in [1.807, 2.05) is 0 Å². The monoisotopic (exact) mass is 261 g/mol. The van der Waals surface area contributed by atoms with E-state index >= 15 is 0 Å². The molecule has 0 N–H and O–H groups in total. The van der Waals surface area contributed by atoms with Crippen LogP contribution >= 0.6 is 20.7 Å². The summed E-state index contributed by atoms with van der Waals surface area (Å²) >= 11 is 0.203. The molecule has 0 amide bonds. The van der Waals surface area contributed by atoms with Crippen molar-refractivity contribution in [2.75, 3.05) is 13.6 Å². The molecule has 1 nitrogen and oxygen atoms in total. The topological polar surface area (TPSA) is 3.24 Å². The highest BCUT2D eigenvalue weighted by Crippen LogP contribution is 2.28. The third kappa shape index (κ3) is 1.34. The molecule has 0 aromatic heterocycles. The Bertz CT molecular complexity index is 273. The first-order valence-electron chi connectivity index (χ1n) is 3.86. The zero-order valence-corrected chi connectivity index (χ0v) is 9.05. The van der Waals surface area contributed by atoms with Crippen molar-refractivity contribution in [1.29, 1.82) is 0 Å². The molecule has 11 heavy (non-hydrogen) atoms. The average molecular weight is 261 g/mol. The lowest BCUT2D eigenvalue weighted by Crippen LogP contribution is -2.18. The van der Waals surface area contributed by atoms with Crippen LogP contribution in [0.4, 0.5) is 0 Å². The van der Waals surface area contributed by atoms with Crippen LogP contribution in [0.1, 0.15) is 13.3 Å². The van der Waals surface area contributed by atoms with E-state index in [9.17, 15) is 0 Å². The first-order chi connectivity index (χ1) is 5.27. The predicted octanol–water partition coefficient (Wildman–Crippen LogP) is 2.27. The molecule has 2 aliphatic heterocycles. The number of rotatable bonds is 0. The zero-order valence-electron chi connectivity index (χ0n) is 6.89. The molecule has 2 heterocycles. The van der Waals surface area contributed by atoms with Crippen molar-refractivity contribution >= 4 is 24.4 Å². The van der Waals surface area contributed by atoms with E-state index in [0.717, 1.165) is 0 Å². The van der Waals surface area contributed by atoms with E-state index in [1.54, 1.807) is 9.21 Å². The summed E-state index contributed by atoms with van der Waals surface area (Å²) in [7, 11) is 2.21. The maximum atomic E-state index is 2.42. The summed E-state index contributed by atoms with van der Waals surface area (Å²) < 4.78 is 4.06. The van der Waals surface area contributed by atoms with Gasteiger partial charge in [-0.15, -0.1) is 0 Å². The van der Waals surface area contributed by atoms with E-state index in [4.69, 9.17) is 0 Å². The van der Waals surface area contributed by atoms with E-state index < -0.39 is 0 Å². The molecule has 1 fully saturated rings. The number of fused-ring (bicyclic) bond motifs is 1. The number of likely N-dealkylation sites (tertiary alicyclic amines) is 1. The largest absolute Gasteiger partial charge is 0.273 e. The number of halogens is 1. The van der Waals surface area contributed by atoms with E-state index in [-0.39, 0.29) is 20.7 Å². The van der Waals surface area contributed by atoms with Crippen molar-refractivity contribution < 1.29 is 0 Å². The van der Waals surface area contributed by atoms with E-state index in [0.29, 0.717) is 0 Å². The minimum absolute atomic E-state index is 0.203. The Morgan fingerprint density at radius 3 is 3.18 bits per heavy atom. The van der Waals surface area contributed by atoms with Gasteiger partial charge in [0.15, 0.2) is 0 Å². The van der Waals surface area contributed by atoms with Crippen molar-refractivity contribution in [2.24, 2.45) is 0 Å². The molecule has 0 saturated carbocycles. The zero-order chi connectivity index (χ0) is 7.84. The van der Waals surface area contributed by atoms with Gasteiger partial charge in [0.05, 0.1) is 3.63 Å². The third-order valence-corrected chi connectivity index (χ3v) is 5.45. The molecule has 2 rings (SSSR count). The molecule has 0 radical (unpaired) electrons.